The Morgan fingerprint density at radius 1 is 1.28 bits per heavy atom. The molecule has 0 bridgehead atoms. The van der Waals surface area contributed by atoms with Gasteiger partial charge in [-0.15, -0.1) is 0 Å². The van der Waals surface area contributed by atoms with Crippen LogP contribution in [0.3, 0.4) is 0 Å². The van der Waals surface area contributed by atoms with E-state index in [-0.39, 0.29) is 30.3 Å². The molecule has 0 saturated carbocycles. The minimum Gasteiger partial charge on any atom is -0.489 e. The average Bonchev–Trinajstić information content (AvgIpc) is 2.93. The summed E-state index contributed by atoms with van der Waals surface area (Å²) in [6, 6.07) is 13.2. The monoisotopic (exact) mass is 342 g/mol. The van der Waals surface area contributed by atoms with Crippen molar-refractivity contribution in [3.63, 3.8) is 0 Å². The molecule has 1 heterocycles. The maximum Gasteiger partial charge on any atom is 0.229 e. The van der Waals surface area contributed by atoms with Crippen molar-refractivity contribution in [3.8, 4) is 5.75 Å². The Morgan fingerprint density at radius 3 is 2.72 bits per heavy atom. The number of halogens is 1. The molecule has 1 saturated heterocycles. The molecular weight excluding hydrogens is 323 g/mol. The molecule has 1 N–H and O–H groups in total. The fourth-order valence-electron chi connectivity index (χ4n) is 2.86. The number of nitrogens with one attached hydrogen (secondary N) is 1. The smallest absolute Gasteiger partial charge is 0.229 e. The Bertz CT molecular complexity index is 776. The van der Waals surface area contributed by atoms with Crippen molar-refractivity contribution in [2.24, 2.45) is 0 Å². The maximum absolute atomic E-state index is 13.1. The lowest BCUT2D eigenvalue weighted by Gasteiger charge is -2.17. The van der Waals surface area contributed by atoms with Gasteiger partial charge in [0, 0.05) is 25.6 Å². The van der Waals surface area contributed by atoms with Crippen LogP contribution in [0.2, 0.25) is 0 Å². The highest BCUT2D eigenvalue weighted by Gasteiger charge is 2.30. The summed E-state index contributed by atoms with van der Waals surface area (Å²) in [5, 5.41) is 2.77. The van der Waals surface area contributed by atoms with Gasteiger partial charge in [0.25, 0.3) is 0 Å². The minimum absolute atomic E-state index is 0.0211. The van der Waals surface area contributed by atoms with Crippen LogP contribution >= 0.6 is 0 Å². The molecule has 25 heavy (non-hydrogen) atoms. The van der Waals surface area contributed by atoms with E-state index in [0.717, 1.165) is 11.3 Å². The number of hydrogen-bond acceptors (Lipinski definition) is 3. The van der Waals surface area contributed by atoms with E-state index >= 15 is 0 Å². The van der Waals surface area contributed by atoms with E-state index in [4.69, 9.17) is 4.74 Å². The van der Waals surface area contributed by atoms with Gasteiger partial charge in [-0.3, -0.25) is 9.59 Å². The SMILES string of the molecule is CC(=O)N[C@H]1CC(=O)N(c2ccc(OCc3cccc(F)c3)cc2)C1. The summed E-state index contributed by atoms with van der Waals surface area (Å²) in [5.74, 6) is 0.184. The number of carbonyl (C=O) groups excluding carboxylic acids is 2. The summed E-state index contributed by atoms with van der Waals surface area (Å²) in [6.45, 7) is 2.17. The fraction of sp³-hybridized carbons (Fsp3) is 0.263. The highest BCUT2D eigenvalue weighted by Crippen LogP contribution is 2.24. The summed E-state index contributed by atoms with van der Waals surface area (Å²) in [6.07, 6.45) is 0.303. The first-order chi connectivity index (χ1) is 12.0. The van der Waals surface area contributed by atoms with Crippen molar-refractivity contribution in [1.82, 2.24) is 5.32 Å². The van der Waals surface area contributed by atoms with Crippen molar-refractivity contribution in [3.05, 3.63) is 59.9 Å². The number of ether oxygens (including phenoxy) is 1. The molecule has 0 spiro atoms. The predicted octanol–water partition coefficient (Wildman–Crippen LogP) is 2.65. The number of amides is 2. The van der Waals surface area contributed by atoms with Crippen LogP contribution in [-0.2, 0) is 16.2 Å². The van der Waals surface area contributed by atoms with Gasteiger partial charge in [-0.2, -0.15) is 0 Å². The van der Waals surface area contributed by atoms with Crippen molar-refractivity contribution < 1.29 is 18.7 Å². The number of anilines is 1. The van der Waals surface area contributed by atoms with Gasteiger partial charge in [0.1, 0.15) is 18.2 Å². The molecule has 1 aliphatic heterocycles. The van der Waals surface area contributed by atoms with Crippen LogP contribution in [0.25, 0.3) is 0 Å². The van der Waals surface area contributed by atoms with Gasteiger partial charge in [-0.05, 0) is 42.0 Å². The lowest BCUT2D eigenvalue weighted by Crippen LogP contribution is -2.35. The first-order valence-corrected chi connectivity index (χ1v) is 8.06. The van der Waals surface area contributed by atoms with E-state index in [1.54, 1.807) is 41.3 Å². The molecule has 1 aliphatic rings. The van der Waals surface area contributed by atoms with Crippen LogP contribution in [-0.4, -0.2) is 24.4 Å². The standard InChI is InChI=1S/C19H19FN2O3/c1-13(23)21-16-10-19(24)22(11-16)17-5-7-18(8-6-17)25-12-14-3-2-4-15(20)9-14/h2-9,16H,10-12H2,1H3,(H,21,23)/t16-/m0/s1. The zero-order chi connectivity index (χ0) is 17.8. The third kappa shape index (κ3) is 4.35. The van der Waals surface area contributed by atoms with Crippen LogP contribution in [0.1, 0.15) is 18.9 Å². The molecule has 2 amide bonds. The highest BCUT2D eigenvalue weighted by molar-refractivity contribution is 5.96. The molecule has 1 atom stereocenters. The van der Waals surface area contributed by atoms with E-state index in [2.05, 4.69) is 5.32 Å². The Labute approximate surface area is 145 Å². The molecule has 5 nitrogen and oxygen atoms in total. The number of benzene rings is 2. The van der Waals surface area contributed by atoms with Gasteiger partial charge in [0.15, 0.2) is 0 Å². The molecule has 0 unspecified atom stereocenters. The zero-order valence-corrected chi connectivity index (χ0v) is 13.9. The summed E-state index contributed by atoms with van der Waals surface area (Å²) < 4.78 is 18.8. The second-order valence-corrected chi connectivity index (χ2v) is 6.02. The molecule has 1 fully saturated rings. The molecule has 2 aromatic carbocycles. The van der Waals surface area contributed by atoms with E-state index in [1.807, 2.05) is 0 Å². The molecule has 2 aromatic rings. The van der Waals surface area contributed by atoms with Crippen LogP contribution in [0.5, 0.6) is 5.75 Å². The molecular formula is C19H19FN2O3. The highest BCUT2D eigenvalue weighted by atomic mass is 19.1. The van der Waals surface area contributed by atoms with Crippen LogP contribution in [0, 0.1) is 5.82 Å². The van der Waals surface area contributed by atoms with Gasteiger partial charge in [0.2, 0.25) is 11.8 Å². The van der Waals surface area contributed by atoms with Crippen molar-refractivity contribution in [1.29, 1.82) is 0 Å². The maximum atomic E-state index is 13.1. The molecule has 3 rings (SSSR count). The van der Waals surface area contributed by atoms with Crippen molar-refractivity contribution in [2.75, 3.05) is 11.4 Å². The minimum atomic E-state index is -0.294. The van der Waals surface area contributed by atoms with Gasteiger partial charge in [-0.25, -0.2) is 4.39 Å². The van der Waals surface area contributed by atoms with Gasteiger partial charge < -0.3 is 15.0 Å². The van der Waals surface area contributed by atoms with Crippen molar-refractivity contribution in [2.45, 2.75) is 26.0 Å². The van der Waals surface area contributed by atoms with E-state index in [1.165, 1.54) is 19.1 Å². The van der Waals surface area contributed by atoms with E-state index < -0.39 is 0 Å². The first kappa shape index (κ1) is 17.0. The molecule has 0 radical (unpaired) electrons. The lowest BCUT2D eigenvalue weighted by molar-refractivity contribution is -0.119. The predicted molar refractivity (Wildman–Crippen MR) is 91.7 cm³/mol. The number of carbonyl (C=O) groups is 2. The third-order valence-electron chi connectivity index (χ3n) is 3.98. The Hall–Kier alpha value is -2.89. The largest absolute Gasteiger partial charge is 0.489 e. The normalized spacial score (nSPS) is 16.8. The van der Waals surface area contributed by atoms with Crippen LogP contribution in [0.4, 0.5) is 10.1 Å². The van der Waals surface area contributed by atoms with Crippen LogP contribution in [0.15, 0.2) is 48.5 Å². The first-order valence-electron chi connectivity index (χ1n) is 8.06. The number of rotatable bonds is 5. The third-order valence-corrected chi connectivity index (χ3v) is 3.98. The molecule has 6 heteroatoms. The van der Waals surface area contributed by atoms with Gasteiger partial charge in [0.05, 0.1) is 6.04 Å². The topological polar surface area (TPSA) is 58.6 Å². The summed E-state index contributed by atoms with van der Waals surface area (Å²) in [4.78, 5) is 24.9. The van der Waals surface area contributed by atoms with Crippen LogP contribution < -0.4 is 15.0 Å². The average molecular weight is 342 g/mol. The van der Waals surface area contributed by atoms with Gasteiger partial charge in [-0.1, -0.05) is 12.1 Å². The summed E-state index contributed by atoms with van der Waals surface area (Å²) >= 11 is 0. The molecule has 130 valence electrons. The number of hydrogen-bond donors (Lipinski definition) is 1. The zero-order valence-electron chi connectivity index (χ0n) is 13.9. The van der Waals surface area contributed by atoms with E-state index in [0.29, 0.717) is 18.7 Å². The van der Waals surface area contributed by atoms with Crippen molar-refractivity contribution >= 4 is 17.5 Å². The second kappa shape index (κ2) is 7.34. The Balaban J connectivity index is 1.60. The Morgan fingerprint density at radius 2 is 2.04 bits per heavy atom. The lowest BCUT2D eigenvalue weighted by atomic mass is 10.2. The quantitative estimate of drug-likeness (QED) is 0.909. The molecule has 0 aromatic heterocycles. The second-order valence-electron chi connectivity index (χ2n) is 6.02. The summed E-state index contributed by atoms with van der Waals surface area (Å²) in [5.41, 5.74) is 1.51. The Kier molecular flexibility index (Phi) is 4.97. The fourth-order valence-corrected chi connectivity index (χ4v) is 2.86. The molecule has 0 aliphatic carbocycles. The van der Waals surface area contributed by atoms with Gasteiger partial charge >= 0.3 is 0 Å². The number of nitrogens with zero attached hydrogens (tertiary/aromatic N) is 1. The summed E-state index contributed by atoms with van der Waals surface area (Å²) in [7, 11) is 0. The van der Waals surface area contributed by atoms with E-state index in [9.17, 15) is 14.0 Å².